The van der Waals surface area contributed by atoms with E-state index in [0.29, 0.717) is 19.4 Å². The lowest BCUT2D eigenvalue weighted by Gasteiger charge is -2.19. The van der Waals surface area contributed by atoms with Gasteiger partial charge in [0.05, 0.1) is 11.6 Å². The molecule has 0 amide bonds. The third-order valence-corrected chi connectivity index (χ3v) is 3.76. The van der Waals surface area contributed by atoms with Gasteiger partial charge in [0.2, 0.25) is 0 Å². The van der Waals surface area contributed by atoms with Gasteiger partial charge in [0.15, 0.2) is 0 Å². The van der Waals surface area contributed by atoms with Crippen molar-refractivity contribution in [3.8, 4) is 6.07 Å². The molecule has 1 aromatic carbocycles. The molecule has 0 radical (unpaired) electrons. The summed E-state index contributed by atoms with van der Waals surface area (Å²) in [6.07, 6.45) is 4.29. The minimum Gasteiger partial charge on any atom is -0.443 e. The van der Waals surface area contributed by atoms with Crippen molar-refractivity contribution < 1.29 is 9.53 Å². The number of nitrogens with one attached hydrogen (secondary N) is 1. The molecule has 132 valence electrons. The molecule has 0 aliphatic heterocycles. The highest BCUT2D eigenvalue weighted by Crippen LogP contribution is 2.29. The molecule has 25 heavy (non-hydrogen) atoms. The summed E-state index contributed by atoms with van der Waals surface area (Å²) in [7, 11) is 0. The molecule has 0 aliphatic rings. The first-order chi connectivity index (χ1) is 11.9. The number of nitriles is 1. The predicted molar refractivity (Wildman–Crippen MR) is 99.4 cm³/mol. The van der Waals surface area contributed by atoms with Crippen molar-refractivity contribution in [1.29, 1.82) is 5.26 Å². The van der Waals surface area contributed by atoms with Crippen LogP contribution in [0.3, 0.4) is 0 Å². The number of para-hydroxylation sites is 1. The van der Waals surface area contributed by atoms with Crippen LogP contribution in [0, 0.1) is 11.3 Å². The highest BCUT2D eigenvalue weighted by atomic mass is 16.6. The zero-order chi connectivity index (χ0) is 18.4. The maximum absolute atomic E-state index is 12.6. The molecule has 0 fully saturated rings. The van der Waals surface area contributed by atoms with E-state index < -0.39 is 11.7 Å². The predicted octanol–water partition coefficient (Wildman–Crippen LogP) is 4.54. The lowest BCUT2D eigenvalue weighted by molar-refractivity contribution is 0.0544. The van der Waals surface area contributed by atoms with E-state index in [-0.39, 0.29) is 6.04 Å². The molecule has 0 aliphatic carbocycles. The largest absolute Gasteiger partial charge is 0.443 e. The zero-order valence-corrected chi connectivity index (χ0v) is 15.1. The maximum Gasteiger partial charge on any atom is 0.419 e. The Morgan fingerprint density at radius 3 is 2.80 bits per heavy atom. The number of fused-ring (bicyclic) bond motifs is 1. The molecule has 1 heterocycles. The molecule has 0 unspecified atom stereocenters. The fraction of sp³-hybridized carbons (Fsp3) is 0.400. The SMILES string of the molecule is C=CCN[C@H](CCC#N)c1cn(C(=O)OC(C)(C)C)c2ccccc12. The molecule has 0 saturated carbocycles. The second-order valence-electron chi connectivity index (χ2n) is 6.90. The standard InChI is InChI=1S/C20H25N3O2/c1-5-13-22-17(10-8-12-21)16-14-23(19(24)25-20(2,3)4)18-11-7-6-9-15(16)18/h5-7,9,11,14,17,22H,1,8,10,13H2,2-4H3/t17-/m1/s1. The molecule has 1 aromatic heterocycles. The Labute approximate surface area is 148 Å². The van der Waals surface area contributed by atoms with Crippen LogP contribution in [0.5, 0.6) is 0 Å². The van der Waals surface area contributed by atoms with E-state index in [0.717, 1.165) is 16.5 Å². The summed E-state index contributed by atoms with van der Waals surface area (Å²) >= 11 is 0. The second-order valence-corrected chi connectivity index (χ2v) is 6.90. The lowest BCUT2D eigenvalue weighted by atomic mass is 10.0. The number of rotatable bonds is 6. The minimum atomic E-state index is -0.566. The Kier molecular flexibility index (Phi) is 6.00. The van der Waals surface area contributed by atoms with Crippen molar-refractivity contribution in [3.05, 3.63) is 48.7 Å². The number of carbonyl (C=O) groups excluding carboxylic acids is 1. The summed E-state index contributed by atoms with van der Waals surface area (Å²) < 4.78 is 7.07. The number of carbonyl (C=O) groups is 1. The van der Waals surface area contributed by atoms with Gasteiger partial charge in [-0.1, -0.05) is 24.3 Å². The van der Waals surface area contributed by atoms with Crippen LogP contribution in [-0.4, -0.2) is 22.8 Å². The monoisotopic (exact) mass is 339 g/mol. The number of benzene rings is 1. The Morgan fingerprint density at radius 1 is 1.44 bits per heavy atom. The number of aromatic nitrogens is 1. The molecule has 2 aromatic rings. The number of hydrogen-bond donors (Lipinski definition) is 1. The summed E-state index contributed by atoms with van der Waals surface area (Å²) in [6, 6.07) is 9.88. The fourth-order valence-corrected chi connectivity index (χ4v) is 2.75. The van der Waals surface area contributed by atoms with E-state index in [9.17, 15) is 4.79 Å². The van der Waals surface area contributed by atoms with Gasteiger partial charge in [-0.25, -0.2) is 4.79 Å². The van der Waals surface area contributed by atoms with Gasteiger partial charge in [-0.05, 0) is 38.8 Å². The van der Waals surface area contributed by atoms with Crippen molar-refractivity contribution in [2.45, 2.75) is 45.3 Å². The molecule has 2 rings (SSSR count). The Morgan fingerprint density at radius 2 is 2.16 bits per heavy atom. The van der Waals surface area contributed by atoms with E-state index in [4.69, 9.17) is 10.00 Å². The molecular weight excluding hydrogens is 314 g/mol. The Bertz CT molecular complexity index is 793. The van der Waals surface area contributed by atoms with Crippen LogP contribution in [0.1, 0.15) is 45.2 Å². The summed E-state index contributed by atoms with van der Waals surface area (Å²) in [5.41, 5.74) is 1.22. The number of hydrogen-bond acceptors (Lipinski definition) is 4. The summed E-state index contributed by atoms with van der Waals surface area (Å²) in [4.78, 5) is 12.6. The van der Waals surface area contributed by atoms with E-state index >= 15 is 0 Å². The zero-order valence-electron chi connectivity index (χ0n) is 15.1. The molecular formula is C20H25N3O2. The summed E-state index contributed by atoms with van der Waals surface area (Å²) in [6.45, 7) is 9.90. The Hall–Kier alpha value is -2.58. The van der Waals surface area contributed by atoms with E-state index in [2.05, 4.69) is 18.0 Å². The lowest BCUT2D eigenvalue weighted by Crippen LogP contribution is -2.27. The van der Waals surface area contributed by atoms with Gasteiger partial charge >= 0.3 is 6.09 Å². The van der Waals surface area contributed by atoms with Crippen LogP contribution in [0.25, 0.3) is 10.9 Å². The molecule has 1 atom stereocenters. The first-order valence-corrected chi connectivity index (χ1v) is 8.42. The van der Waals surface area contributed by atoms with Crippen LogP contribution < -0.4 is 5.32 Å². The fourth-order valence-electron chi connectivity index (χ4n) is 2.75. The van der Waals surface area contributed by atoms with Crippen LogP contribution in [0.15, 0.2) is 43.1 Å². The van der Waals surface area contributed by atoms with Crippen LogP contribution >= 0.6 is 0 Å². The smallest absolute Gasteiger partial charge is 0.419 e. The van der Waals surface area contributed by atoms with Gasteiger partial charge in [0.25, 0.3) is 0 Å². The van der Waals surface area contributed by atoms with Gasteiger partial charge < -0.3 is 10.1 Å². The van der Waals surface area contributed by atoms with Gasteiger partial charge in [-0.2, -0.15) is 5.26 Å². The van der Waals surface area contributed by atoms with Crippen molar-refractivity contribution in [3.63, 3.8) is 0 Å². The normalized spacial score (nSPS) is 12.6. The molecule has 0 bridgehead atoms. The van der Waals surface area contributed by atoms with Gasteiger partial charge in [-0.15, -0.1) is 6.58 Å². The molecule has 1 N–H and O–H groups in total. The van der Waals surface area contributed by atoms with Crippen molar-refractivity contribution >= 4 is 17.0 Å². The third kappa shape index (κ3) is 4.71. The minimum absolute atomic E-state index is 0.0359. The average molecular weight is 339 g/mol. The number of nitrogens with zero attached hydrogens (tertiary/aromatic N) is 2. The second kappa shape index (κ2) is 8.00. The summed E-state index contributed by atoms with van der Waals surface area (Å²) in [5, 5.41) is 13.3. The van der Waals surface area contributed by atoms with Crippen molar-refractivity contribution in [2.24, 2.45) is 0 Å². The molecule has 0 saturated heterocycles. The molecule has 0 spiro atoms. The van der Waals surface area contributed by atoms with Crippen LogP contribution in [-0.2, 0) is 4.74 Å². The average Bonchev–Trinajstić information content (AvgIpc) is 2.93. The highest BCUT2D eigenvalue weighted by Gasteiger charge is 2.23. The first-order valence-electron chi connectivity index (χ1n) is 8.42. The van der Waals surface area contributed by atoms with Crippen LogP contribution in [0.4, 0.5) is 4.79 Å². The van der Waals surface area contributed by atoms with E-state index in [1.807, 2.05) is 51.2 Å². The quantitative estimate of drug-likeness (QED) is 0.784. The van der Waals surface area contributed by atoms with Crippen molar-refractivity contribution in [1.82, 2.24) is 9.88 Å². The van der Waals surface area contributed by atoms with Crippen LogP contribution in [0.2, 0.25) is 0 Å². The third-order valence-electron chi connectivity index (χ3n) is 3.76. The maximum atomic E-state index is 12.6. The number of ether oxygens (including phenoxy) is 1. The van der Waals surface area contributed by atoms with Crippen molar-refractivity contribution in [2.75, 3.05) is 6.54 Å². The topological polar surface area (TPSA) is 67.0 Å². The van der Waals surface area contributed by atoms with E-state index in [1.54, 1.807) is 10.6 Å². The van der Waals surface area contributed by atoms with Gasteiger partial charge in [0, 0.05) is 30.6 Å². The first kappa shape index (κ1) is 18.8. The summed E-state index contributed by atoms with van der Waals surface area (Å²) in [5.74, 6) is 0. The van der Waals surface area contributed by atoms with Gasteiger partial charge in [0.1, 0.15) is 5.60 Å². The molecule has 5 heteroatoms. The van der Waals surface area contributed by atoms with E-state index in [1.165, 1.54) is 0 Å². The highest BCUT2D eigenvalue weighted by molar-refractivity contribution is 5.92. The molecule has 5 nitrogen and oxygen atoms in total. The Balaban J connectivity index is 2.47. The van der Waals surface area contributed by atoms with Gasteiger partial charge in [-0.3, -0.25) is 4.57 Å².